The molecule has 9 heteroatoms. The topological polar surface area (TPSA) is 97.3 Å². The molecule has 0 saturated heterocycles. The molecule has 3 aromatic heterocycles. The van der Waals surface area contributed by atoms with Crippen LogP contribution in [0.5, 0.6) is 0 Å². The smallest absolute Gasteiger partial charge is 0.254 e. The molecule has 2 aliphatic rings. The van der Waals surface area contributed by atoms with Crippen molar-refractivity contribution in [1.82, 2.24) is 15.0 Å². The van der Waals surface area contributed by atoms with E-state index in [1.165, 1.54) is 11.3 Å². The van der Waals surface area contributed by atoms with Crippen LogP contribution >= 0.6 is 11.3 Å². The number of thiophene rings is 1. The Morgan fingerprint density at radius 2 is 1.96 bits per heavy atom. The number of anilines is 1. The van der Waals surface area contributed by atoms with Gasteiger partial charge in [-0.15, -0.1) is 11.3 Å². The summed E-state index contributed by atoms with van der Waals surface area (Å²) in [6.45, 7) is 0. The van der Waals surface area contributed by atoms with Crippen LogP contribution in [0.4, 0.5) is 14.6 Å². The van der Waals surface area contributed by atoms with Gasteiger partial charge in [-0.1, -0.05) is 0 Å². The molecule has 0 atom stereocenters. The van der Waals surface area contributed by atoms with E-state index >= 15 is 0 Å². The van der Waals surface area contributed by atoms with E-state index in [4.69, 9.17) is 5.73 Å². The Kier molecular flexibility index (Phi) is 3.46. The lowest BCUT2D eigenvalue weighted by atomic mass is 9.67. The van der Waals surface area contributed by atoms with Crippen LogP contribution in [0.3, 0.4) is 0 Å². The van der Waals surface area contributed by atoms with Gasteiger partial charge in [-0.3, -0.25) is 4.99 Å². The molecule has 5 rings (SSSR count). The number of pyridine rings is 1. The lowest BCUT2D eigenvalue weighted by molar-refractivity contribution is -0.127. The first kappa shape index (κ1) is 17.6. The van der Waals surface area contributed by atoms with Crippen molar-refractivity contribution in [3.63, 3.8) is 0 Å². The molecule has 6 nitrogen and oxygen atoms in total. The normalized spacial score (nSPS) is 28.1. The number of nitrogens with two attached hydrogens (primary N) is 1. The third-order valence-electron chi connectivity index (χ3n) is 5.68. The van der Waals surface area contributed by atoms with Crippen molar-refractivity contribution in [3.8, 4) is 11.4 Å². The number of halogens is 2. The summed E-state index contributed by atoms with van der Waals surface area (Å²) >= 11 is 1.32. The zero-order valence-electron chi connectivity index (χ0n) is 15.0. The van der Waals surface area contributed by atoms with Gasteiger partial charge in [0.05, 0.1) is 0 Å². The van der Waals surface area contributed by atoms with Crippen molar-refractivity contribution in [2.45, 2.75) is 30.8 Å². The summed E-state index contributed by atoms with van der Waals surface area (Å²) in [6, 6.07) is 3.61. The Morgan fingerprint density at radius 3 is 2.64 bits per heavy atom. The van der Waals surface area contributed by atoms with Crippen LogP contribution in [0, 0.1) is 5.41 Å². The first-order valence-electron chi connectivity index (χ1n) is 8.81. The lowest BCUT2D eigenvalue weighted by Crippen LogP contribution is -2.44. The summed E-state index contributed by atoms with van der Waals surface area (Å²) in [7, 11) is 1.65. The minimum absolute atomic E-state index is 0.0989. The molecular formula is C19H17F2N5OS. The maximum Gasteiger partial charge on any atom is 0.254 e. The summed E-state index contributed by atoms with van der Waals surface area (Å²) in [5.41, 5.74) is 5.02. The molecule has 3 N–H and O–H groups in total. The van der Waals surface area contributed by atoms with Gasteiger partial charge >= 0.3 is 0 Å². The van der Waals surface area contributed by atoms with Gasteiger partial charge in [0.1, 0.15) is 16.2 Å². The molecule has 1 spiro atoms. The Bertz CT molecular complexity index is 1140. The van der Waals surface area contributed by atoms with E-state index in [1.807, 2.05) is 6.07 Å². The molecule has 0 aromatic carbocycles. The highest BCUT2D eigenvalue weighted by Gasteiger charge is 2.79. The van der Waals surface area contributed by atoms with Crippen molar-refractivity contribution in [2.24, 2.45) is 10.4 Å². The van der Waals surface area contributed by atoms with Crippen molar-refractivity contribution in [3.05, 3.63) is 35.0 Å². The van der Waals surface area contributed by atoms with Crippen LogP contribution in [-0.2, 0) is 5.60 Å². The molecule has 28 heavy (non-hydrogen) atoms. The quantitative estimate of drug-likeness (QED) is 0.656. The second-order valence-corrected chi connectivity index (χ2v) is 8.73. The van der Waals surface area contributed by atoms with Crippen molar-refractivity contribution >= 4 is 33.6 Å². The van der Waals surface area contributed by atoms with Crippen LogP contribution in [0.15, 0.2) is 29.5 Å². The van der Waals surface area contributed by atoms with Crippen molar-refractivity contribution in [2.75, 3.05) is 12.8 Å². The standard InChI is InChI=1S/C19H17F2N5OS/c1-23-4-10-2-11(5-24-14(10)22)15-25-6-12-3-13(28-16(12)26-15)18(27)7-17(8-18)9-19(17,20)21/h2-6,27H,7-9H2,1H3,(H2,22,24). The van der Waals surface area contributed by atoms with Crippen LogP contribution in [0.1, 0.15) is 29.7 Å². The van der Waals surface area contributed by atoms with Gasteiger partial charge in [0.25, 0.3) is 5.92 Å². The third kappa shape index (κ3) is 2.46. The first-order valence-corrected chi connectivity index (χ1v) is 9.62. The second-order valence-electron chi connectivity index (χ2n) is 7.70. The van der Waals surface area contributed by atoms with Crippen molar-refractivity contribution in [1.29, 1.82) is 0 Å². The number of hydrogen-bond donors (Lipinski definition) is 2. The number of aliphatic hydroxyl groups is 1. The Balaban J connectivity index is 1.47. The zero-order chi connectivity index (χ0) is 19.7. The molecule has 2 fully saturated rings. The molecule has 0 amide bonds. The largest absolute Gasteiger partial charge is 0.384 e. The van der Waals surface area contributed by atoms with E-state index in [9.17, 15) is 13.9 Å². The van der Waals surface area contributed by atoms with Gasteiger partial charge in [0, 0.05) is 58.9 Å². The molecule has 0 aliphatic heterocycles. The summed E-state index contributed by atoms with van der Waals surface area (Å²) in [5, 5.41) is 11.6. The number of fused-ring (bicyclic) bond motifs is 1. The second kappa shape index (κ2) is 5.51. The fraction of sp³-hybridized carbons (Fsp3) is 0.368. The van der Waals surface area contributed by atoms with E-state index in [-0.39, 0.29) is 19.3 Å². The van der Waals surface area contributed by atoms with Gasteiger partial charge in [-0.2, -0.15) is 0 Å². The van der Waals surface area contributed by atoms with E-state index in [2.05, 4.69) is 19.9 Å². The first-order chi connectivity index (χ1) is 13.3. The van der Waals surface area contributed by atoms with Gasteiger partial charge in [-0.25, -0.2) is 23.7 Å². The molecule has 3 aromatic rings. The minimum Gasteiger partial charge on any atom is -0.384 e. The predicted octanol–water partition coefficient (Wildman–Crippen LogP) is 3.39. The summed E-state index contributed by atoms with van der Waals surface area (Å²) in [6.07, 6.45) is 4.96. The van der Waals surface area contributed by atoms with Gasteiger partial charge in [0.2, 0.25) is 0 Å². The molecule has 2 saturated carbocycles. The number of nitrogens with zero attached hydrogens (tertiary/aromatic N) is 4. The van der Waals surface area contributed by atoms with E-state index in [1.54, 1.807) is 31.7 Å². The Labute approximate surface area is 163 Å². The van der Waals surface area contributed by atoms with E-state index in [0.717, 1.165) is 5.39 Å². The Morgan fingerprint density at radius 1 is 1.21 bits per heavy atom. The average molecular weight is 401 g/mol. The third-order valence-corrected chi connectivity index (χ3v) is 6.92. The molecular weight excluding hydrogens is 384 g/mol. The van der Waals surface area contributed by atoms with E-state index < -0.39 is 16.9 Å². The number of aliphatic imine (C=N–C) groups is 1. The maximum absolute atomic E-state index is 13.5. The van der Waals surface area contributed by atoms with Crippen LogP contribution < -0.4 is 5.73 Å². The molecule has 0 bridgehead atoms. The van der Waals surface area contributed by atoms with Gasteiger partial charge < -0.3 is 10.8 Å². The average Bonchev–Trinajstić information content (AvgIpc) is 2.99. The highest BCUT2D eigenvalue weighted by molar-refractivity contribution is 7.18. The maximum atomic E-state index is 13.5. The highest BCUT2D eigenvalue weighted by atomic mass is 32.1. The van der Waals surface area contributed by atoms with E-state index in [0.29, 0.717) is 32.5 Å². The van der Waals surface area contributed by atoms with Crippen LogP contribution in [0.2, 0.25) is 0 Å². The number of aromatic nitrogens is 3. The molecule has 3 heterocycles. The number of alkyl halides is 2. The minimum atomic E-state index is -2.63. The van der Waals surface area contributed by atoms with Crippen molar-refractivity contribution < 1.29 is 13.9 Å². The summed E-state index contributed by atoms with van der Waals surface area (Å²) in [5.74, 6) is -1.79. The molecule has 0 radical (unpaired) electrons. The van der Waals surface area contributed by atoms with Gasteiger partial charge in [0.15, 0.2) is 5.82 Å². The number of nitrogen functional groups attached to an aromatic ring is 1. The fourth-order valence-electron chi connectivity index (χ4n) is 4.06. The molecule has 144 valence electrons. The summed E-state index contributed by atoms with van der Waals surface area (Å²) in [4.78, 5) is 18.4. The summed E-state index contributed by atoms with van der Waals surface area (Å²) < 4.78 is 27.0. The number of rotatable bonds is 3. The predicted molar refractivity (Wildman–Crippen MR) is 104 cm³/mol. The zero-order valence-corrected chi connectivity index (χ0v) is 15.8. The Hall–Kier alpha value is -2.52. The number of hydrogen-bond acceptors (Lipinski definition) is 7. The highest BCUT2D eigenvalue weighted by Crippen LogP contribution is 2.76. The van der Waals surface area contributed by atoms with Crippen LogP contribution in [-0.4, -0.2) is 39.2 Å². The van der Waals surface area contributed by atoms with Crippen LogP contribution in [0.25, 0.3) is 21.6 Å². The monoisotopic (exact) mass is 401 g/mol. The molecule has 0 unspecified atom stereocenters. The van der Waals surface area contributed by atoms with Gasteiger partial charge in [-0.05, 0) is 25.0 Å². The molecule has 2 aliphatic carbocycles. The fourth-order valence-corrected chi connectivity index (χ4v) is 5.15. The SMILES string of the molecule is CN=Cc1cc(-c2ncc3cc(C4(O)CC5(C4)CC5(F)F)sc3n2)cnc1N. The lowest BCUT2D eigenvalue weighted by Gasteiger charge is -2.43.